The van der Waals surface area contributed by atoms with Gasteiger partial charge < -0.3 is 42.8 Å². The van der Waals surface area contributed by atoms with Crippen molar-refractivity contribution in [1.29, 1.82) is 0 Å². The van der Waals surface area contributed by atoms with Gasteiger partial charge >= 0.3 is 5.97 Å². The first-order valence-corrected chi connectivity index (χ1v) is 21.3. The third kappa shape index (κ3) is 8.43. The summed E-state index contributed by atoms with van der Waals surface area (Å²) in [5.74, 6) is 1.04. The fourth-order valence-electron chi connectivity index (χ4n) is 11.6. The summed E-state index contributed by atoms with van der Waals surface area (Å²) in [5, 5.41) is 0. The van der Waals surface area contributed by atoms with Crippen LogP contribution >= 0.6 is 0 Å². The Balaban J connectivity index is 1.12. The number of carbonyl (C=O) groups is 2. The van der Waals surface area contributed by atoms with Gasteiger partial charge in [0.05, 0.1) is 30.8 Å². The molecular weight excluding hydrogens is 702 g/mol. The maximum absolute atomic E-state index is 14.8. The zero-order chi connectivity index (χ0) is 39.3. The summed E-state index contributed by atoms with van der Waals surface area (Å²) in [7, 11) is 9.19. The highest BCUT2D eigenvalue weighted by atomic mass is 16.7. The van der Waals surface area contributed by atoms with Crippen molar-refractivity contribution in [3.05, 3.63) is 23.3 Å². The Hall–Kier alpha value is -1.70. The molecule has 0 spiro atoms. The van der Waals surface area contributed by atoms with Crippen molar-refractivity contribution < 1.29 is 47.5 Å². The molecule has 19 unspecified atom stereocenters. The van der Waals surface area contributed by atoms with Crippen molar-refractivity contribution in [2.45, 2.75) is 160 Å². The smallest absolute Gasteiger partial charge is 0.306 e. The maximum atomic E-state index is 14.8. The molecule has 19 atom stereocenters. The molecule has 7 aliphatic rings. The molecule has 4 aliphatic carbocycles. The standard InChI is InChI=1S/C44H69NO10/c1-22-17-30-32(31-19-27(18-28(22)31)53-44-43(50-10)42(49-9)41(48-8)26(5)52-44)20-34-33(30)21-38(46)54-37(29-16-23(29)2)13-11-12-36(24(3)40(34)47)55-39-15-14-35(45(6)7)25(4)51-39/h17,20,23-33,35-37,39,41-44H,11-16,18-19,21H2,1-10H3. The molecule has 5 fully saturated rings. The van der Waals surface area contributed by atoms with Gasteiger partial charge in [-0.25, -0.2) is 0 Å². The minimum Gasteiger partial charge on any atom is -0.462 e. The van der Waals surface area contributed by atoms with Gasteiger partial charge in [0.15, 0.2) is 18.4 Å². The van der Waals surface area contributed by atoms with Crippen LogP contribution in [0.25, 0.3) is 0 Å². The highest BCUT2D eigenvalue weighted by molar-refractivity contribution is 5.99. The molecule has 55 heavy (non-hydrogen) atoms. The van der Waals surface area contributed by atoms with Gasteiger partial charge in [0.25, 0.3) is 0 Å². The summed E-state index contributed by atoms with van der Waals surface area (Å²) in [6.45, 7) is 10.6. The van der Waals surface area contributed by atoms with E-state index >= 15 is 0 Å². The lowest BCUT2D eigenvalue weighted by Crippen LogP contribution is -2.59. The Labute approximate surface area is 329 Å². The SMILES string of the molecule is COC1C(C)OC(OC2CC3C(C)=CC4C5CC(=O)OC(C6CC6C)CCCC(OC6CCC(N(C)C)C(C)O6)C(C)C(=O)C5=CC4C3C2)C(OC)C1OC. The molecule has 0 aromatic carbocycles. The van der Waals surface area contributed by atoms with Crippen molar-refractivity contribution in [2.24, 2.45) is 47.3 Å². The molecule has 2 saturated carbocycles. The molecule has 3 aliphatic heterocycles. The summed E-state index contributed by atoms with van der Waals surface area (Å²) in [6.07, 6.45) is 9.12. The van der Waals surface area contributed by atoms with E-state index in [0.29, 0.717) is 23.8 Å². The number of hydrogen-bond donors (Lipinski definition) is 0. The average Bonchev–Trinajstić information content (AvgIpc) is 3.55. The Morgan fingerprint density at radius 1 is 0.745 bits per heavy atom. The zero-order valence-electron chi connectivity index (χ0n) is 35.0. The van der Waals surface area contributed by atoms with Gasteiger partial charge in [-0.15, -0.1) is 0 Å². The first-order chi connectivity index (χ1) is 26.3. The number of likely N-dealkylation sites (N-methyl/N-ethyl adjacent to an activating group) is 1. The lowest BCUT2D eigenvalue weighted by Gasteiger charge is -2.44. The van der Waals surface area contributed by atoms with Crippen LogP contribution in [0.2, 0.25) is 0 Å². The number of esters is 1. The first kappa shape index (κ1) is 41.5. The van der Waals surface area contributed by atoms with E-state index in [2.05, 4.69) is 51.9 Å². The van der Waals surface area contributed by atoms with E-state index in [4.69, 9.17) is 37.9 Å². The number of hydrogen-bond acceptors (Lipinski definition) is 11. The lowest BCUT2D eigenvalue weighted by molar-refractivity contribution is -0.314. The Bertz CT molecular complexity index is 1430. The van der Waals surface area contributed by atoms with Crippen LogP contribution in [-0.4, -0.2) is 120 Å². The molecule has 310 valence electrons. The second-order valence-electron chi connectivity index (χ2n) is 18.4. The predicted molar refractivity (Wildman–Crippen MR) is 206 cm³/mol. The maximum Gasteiger partial charge on any atom is 0.306 e. The fourth-order valence-corrected chi connectivity index (χ4v) is 11.6. The Kier molecular flexibility index (Phi) is 13.0. The second-order valence-corrected chi connectivity index (χ2v) is 18.4. The molecule has 3 heterocycles. The van der Waals surface area contributed by atoms with Gasteiger partial charge in [0.1, 0.15) is 24.4 Å². The topological polar surface area (TPSA) is 111 Å². The van der Waals surface area contributed by atoms with E-state index in [0.717, 1.165) is 56.9 Å². The van der Waals surface area contributed by atoms with Crippen LogP contribution in [0.5, 0.6) is 0 Å². The first-order valence-electron chi connectivity index (χ1n) is 21.3. The largest absolute Gasteiger partial charge is 0.462 e. The van der Waals surface area contributed by atoms with Crippen molar-refractivity contribution in [3.8, 4) is 0 Å². The van der Waals surface area contributed by atoms with Crippen molar-refractivity contribution >= 4 is 11.8 Å². The Morgan fingerprint density at radius 3 is 2.13 bits per heavy atom. The molecule has 0 bridgehead atoms. The summed E-state index contributed by atoms with van der Waals surface area (Å²) in [5.41, 5.74) is 2.09. The number of ether oxygens (including phenoxy) is 8. The summed E-state index contributed by atoms with van der Waals surface area (Å²) in [6, 6.07) is 0.338. The average molecular weight is 772 g/mol. The molecule has 11 heteroatoms. The Morgan fingerprint density at radius 2 is 1.47 bits per heavy atom. The minimum absolute atomic E-state index is 0.0375. The number of ketones is 1. The number of methoxy groups -OCH3 is 3. The monoisotopic (exact) mass is 771 g/mol. The quantitative estimate of drug-likeness (QED) is 0.200. The lowest BCUT2D eigenvalue weighted by atomic mass is 9.67. The number of allylic oxidation sites excluding steroid dienone is 4. The van der Waals surface area contributed by atoms with Crippen LogP contribution < -0.4 is 0 Å². The van der Waals surface area contributed by atoms with Crippen LogP contribution in [0.3, 0.4) is 0 Å². The van der Waals surface area contributed by atoms with Gasteiger partial charge in [-0.05, 0) is 127 Å². The summed E-state index contributed by atoms with van der Waals surface area (Å²) >= 11 is 0. The highest BCUT2D eigenvalue weighted by Gasteiger charge is 2.54. The molecule has 7 rings (SSSR count). The predicted octanol–water partition coefficient (Wildman–Crippen LogP) is 6.12. The molecule has 0 aromatic rings. The molecule has 0 amide bonds. The second kappa shape index (κ2) is 17.3. The van der Waals surface area contributed by atoms with Crippen molar-refractivity contribution in [1.82, 2.24) is 4.90 Å². The number of rotatable bonds is 9. The molecule has 11 nitrogen and oxygen atoms in total. The normalized spacial score (nSPS) is 47.8. The van der Waals surface area contributed by atoms with E-state index in [1.807, 2.05) is 13.8 Å². The molecule has 3 saturated heterocycles. The van der Waals surface area contributed by atoms with Gasteiger partial charge in [0.2, 0.25) is 0 Å². The number of carbonyl (C=O) groups excluding carboxylic acids is 2. The van der Waals surface area contributed by atoms with E-state index in [9.17, 15) is 9.59 Å². The van der Waals surface area contributed by atoms with Gasteiger partial charge in [-0.1, -0.05) is 31.6 Å². The van der Waals surface area contributed by atoms with Gasteiger partial charge in [-0.2, -0.15) is 0 Å². The van der Waals surface area contributed by atoms with Crippen LogP contribution in [0.4, 0.5) is 0 Å². The van der Waals surface area contributed by atoms with E-state index < -0.39 is 12.4 Å². The summed E-state index contributed by atoms with van der Waals surface area (Å²) in [4.78, 5) is 30.9. The van der Waals surface area contributed by atoms with Gasteiger partial charge in [-0.3, -0.25) is 9.59 Å². The third-order valence-corrected chi connectivity index (χ3v) is 14.8. The fraction of sp³-hybridized carbons (Fsp3) is 0.864. The third-order valence-electron chi connectivity index (χ3n) is 14.8. The van der Waals surface area contributed by atoms with Crippen LogP contribution in [0.1, 0.15) is 92.4 Å². The zero-order valence-corrected chi connectivity index (χ0v) is 35.0. The van der Waals surface area contributed by atoms with Crippen molar-refractivity contribution in [3.63, 3.8) is 0 Å². The van der Waals surface area contributed by atoms with E-state index in [1.54, 1.807) is 21.3 Å². The van der Waals surface area contributed by atoms with Crippen LogP contribution in [0, 0.1) is 47.3 Å². The van der Waals surface area contributed by atoms with Crippen LogP contribution in [-0.2, 0) is 47.5 Å². The number of cyclic esters (lactones) is 1. The van der Waals surface area contributed by atoms with Gasteiger partial charge in [0, 0.05) is 39.2 Å². The molecular formula is C44H69NO10. The molecule has 0 radical (unpaired) electrons. The molecule has 0 N–H and O–H groups in total. The number of Topliss-reactive ketones (excluding diaryl/α,β-unsaturated/α-hetero) is 1. The number of fused-ring (bicyclic) bond motifs is 5. The number of nitrogens with zero attached hydrogens (tertiary/aromatic N) is 1. The molecule has 0 aromatic heterocycles. The van der Waals surface area contributed by atoms with E-state index in [1.165, 1.54) is 5.57 Å². The van der Waals surface area contributed by atoms with Crippen LogP contribution in [0.15, 0.2) is 23.3 Å². The van der Waals surface area contributed by atoms with E-state index in [-0.39, 0.29) is 96.8 Å². The van der Waals surface area contributed by atoms with Crippen molar-refractivity contribution in [2.75, 3.05) is 35.4 Å². The summed E-state index contributed by atoms with van der Waals surface area (Å²) < 4.78 is 50.2. The minimum atomic E-state index is -0.598. The highest BCUT2D eigenvalue weighted by Crippen LogP contribution is 2.56.